The number of benzene rings is 1. The summed E-state index contributed by atoms with van der Waals surface area (Å²) in [5.74, 6) is 0. The van der Waals surface area contributed by atoms with Crippen LogP contribution in [0.5, 0.6) is 0 Å². The lowest BCUT2D eigenvalue weighted by Crippen LogP contribution is -1.90. The molecule has 0 aliphatic heterocycles. The molecule has 0 amide bonds. The summed E-state index contributed by atoms with van der Waals surface area (Å²) in [5.41, 5.74) is -0.253. The van der Waals surface area contributed by atoms with Gasteiger partial charge >= 0.3 is 0 Å². The lowest BCUT2D eigenvalue weighted by molar-refractivity contribution is -0.385. The number of nitro groups is 1. The van der Waals surface area contributed by atoms with Crippen LogP contribution in [0.1, 0.15) is 0 Å². The second-order valence-electron chi connectivity index (χ2n) is 2.15. The third-order valence-corrected chi connectivity index (χ3v) is 2.71. The molecule has 0 heterocycles. The number of hydrogen-bond acceptors (Lipinski definition) is 4. The van der Waals surface area contributed by atoms with Gasteiger partial charge in [0, 0.05) is 6.07 Å². The molecule has 0 radical (unpaired) electrons. The van der Waals surface area contributed by atoms with E-state index in [9.17, 15) is 18.5 Å². The first kappa shape index (κ1) is 10.1. The molecule has 1 aromatic carbocycles. The van der Waals surface area contributed by atoms with Gasteiger partial charge in [-0.15, -0.1) is 0 Å². The number of thiol groups is 1. The highest BCUT2D eigenvalue weighted by Gasteiger charge is 2.12. The van der Waals surface area contributed by atoms with Crippen molar-refractivity contribution in [2.45, 2.75) is 4.90 Å². The quantitative estimate of drug-likeness (QED) is 0.497. The highest BCUT2D eigenvalue weighted by Crippen LogP contribution is 2.25. The third-order valence-electron chi connectivity index (χ3n) is 1.34. The lowest BCUT2D eigenvalue weighted by atomic mass is 10.3. The van der Waals surface area contributed by atoms with Crippen molar-refractivity contribution >= 4 is 32.3 Å². The van der Waals surface area contributed by atoms with Gasteiger partial charge in [0.2, 0.25) is 0 Å². The van der Waals surface area contributed by atoms with Crippen LogP contribution in [-0.2, 0) is 10.7 Å². The van der Waals surface area contributed by atoms with Crippen molar-refractivity contribution in [3.8, 4) is 0 Å². The summed E-state index contributed by atoms with van der Waals surface area (Å²) in [6.45, 7) is 0. The zero-order valence-electron chi connectivity index (χ0n) is 6.14. The summed E-state index contributed by atoms with van der Waals surface area (Å²) in [7, 11) is -2.77. The third kappa shape index (κ3) is 2.25. The van der Waals surface area contributed by atoms with E-state index in [-0.39, 0.29) is 15.1 Å². The van der Waals surface area contributed by atoms with Gasteiger partial charge < -0.3 is 0 Å². The molecule has 5 nitrogen and oxygen atoms in total. The van der Waals surface area contributed by atoms with Gasteiger partial charge in [-0.1, -0.05) is 0 Å². The summed E-state index contributed by atoms with van der Waals surface area (Å²) in [6, 6.07) is 3.64. The number of halogens is 1. The summed E-state index contributed by atoms with van der Waals surface area (Å²) >= 11 is 2.94. The molecule has 0 unspecified atom stereocenters. The molecule has 13 heavy (non-hydrogen) atoms. The molecule has 0 aliphatic carbocycles. The van der Waals surface area contributed by atoms with E-state index < -0.39 is 15.6 Å². The molecule has 0 saturated carbocycles. The average molecular weight is 266 g/mol. The van der Waals surface area contributed by atoms with Gasteiger partial charge in [-0.05, 0) is 28.1 Å². The van der Waals surface area contributed by atoms with Gasteiger partial charge in [-0.25, -0.2) is 8.42 Å². The molecule has 0 bridgehead atoms. The van der Waals surface area contributed by atoms with Crippen LogP contribution >= 0.6 is 15.9 Å². The van der Waals surface area contributed by atoms with Crippen molar-refractivity contribution in [3.05, 3.63) is 32.8 Å². The Morgan fingerprint density at radius 1 is 1.38 bits per heavy atom. The zero-order chi connectivity index (χ0) is 10.0. The Balaban J connectivity index is 3.35. The molecule has 0 N–H and O–H groups in total. The predicted molar refractivity (Wildman–Crippen MR) is 49.4 cm³/mol. The van der Waals surface area contributed by atoms with E-state index in [1.54, 1.807) is 0 Å². The fourth-order valence-corrected chi connectivity index (χ4v) is 1.57. The minimum atomic E-state index is -2.77. The van der Waals surface area contributed by atoms with Crippen LogP contribution in [0.4, 0.5) is 5.69 Å². The SMILES string of the molecule is O=[N+]([O-])c1cc([SH](=O)=O)ccc1Br. The van der Waals surface area contributed by atoms with Crippen LogP contribution in [0.25, 0.3) is 0 Å². The zero-order valence-corrected chi connectivity index (χ0v) is 8.62. The van der Waals surface area contributed by atoms with Crippen molar-refractivity contribution in [2.24, 2.45) is 0 Å². The van der Waals surface area contributed by atoms with Crippen LogP contribution in [0.3, 0.4) is 0 Å². The number of hydrogen-bond donors (Lipinski definition) is 1. The van der Waals surface area contributed by atoms with Crippen molar-refractivity contribution in [2.75, 3.05) is 0 Å². The second-order valence-corrected chi connectivity index (χ2v) is 4.03. The minimum absolute atomic E-state index is 0.0649. The maximum Gasteiger partial charge on any atom is 0.284 e. The van der Waals surface area contributed by atoms with Crippen molar-refractivity contribution in [1.82, 2.24) is 0 Å². The van der Waals surface area contributed by atoms with E-state index in [1.165, 1.54) is 12.1 Å². The largest absolute Gasteiger partial charge is 0.284 e. The van der Waals surface area contributed by atoms with Crippen LogP contribution in [0.15, 0.2) is 27.6 Å². The van der Waals surface area contributed by atoms with Gasteiger partial charge in [-0.3, -0.25) is 10.1 Å². The first-order chi connectivity index (χ1) is 6.02. The first-order valence-corrected chi connectivity index (χ1v) is 5.08. The average Bonchev–Trinajstić information content (AvgIpc) is 2.04. The van der Waals surface area contributed by atoms with Crippen molar-refractivity contribution in [3.63, 3.8) is 0 Å². The topological polar surface area (TPSA) is 77.3 Å². The molecule has 70 valence electrons. The molecule has 0 atom stereocenters. The molecule has 0 saturated heterocycles. The van der Waals surface area contributed by atoms with Gasteiger partial charge in [0.05, 0.1) is 14.3 Å². The van der Waals surface area contributed by atoms with Crippen molar-refractivity contribution in [1.29, 1.82) is 0 Å². The van der Waals surface area contributed by atoms with E-state index in [0.717, 1.165) is 6.07 Å². The summed E-state index contributed by atoms with van der Waals surface area (Å²) < 4.78 is 21.2. The van der Waals surface area contributed by atoms with Gasteiger partial charge in [0.15, 0.2) is 10.7 Å². The number of nitrogens with zero attached hydrogens (tertiary/aromatic N) is 1. The fraction of sp³-hybridized carbons (Fsp3) is 0. The summed E-state index contributed by atoms with van der Waals surface area (Å²) in [6.07, 6.45) is 0. The molecule has 7 heteroatoms. The Labute approximate surface area is 83.6 Å². The molecule has 1 aromatic rings. The molecular formula is C6H4BrNO4S. The summed E-state index contributed by atoms with van der Waals surface area (Å²) in [5, 5.41) is 10.4. The van der Waals surface area contributed by atoms with Crippen molar-refractivity contribution < 1.29 is 13.3 Å². The second kappa shape index (κ2) is 3.84. The Hall–Kier alpha value is -0.950. The van der Waals surface area contributed by atoms with E-state index in [0.29, 0.717) is 0 Å². The predicted octanol–water partition coefficient (Wildman–Crippen LogP) is 1.33. The number of nitro benzene ring substituents is 1. The maximum absolute atomic E-state index is 10.5. The van der Waals surface area contributed by atoms with E-state index >= 15 is 0 Å². The lowest BCUT2D eigenvalue weighted by Gasteiger charge is -1.95. The maximum atomic E-state index is 10.5. The van der Waals surface area contributed by atoms with E-state index in [2.05, 4.69) is 15.9 Å². The van der Waals surface area contributed by atoms with E-state index in [1.807, 2.05) is 0 Å². The molecular weight excluding hydrogens is 262 g/mol. The fourth-order valence-electron chi connectivity index (χ4n) is 0.755. The monoisotopic (exact) mass is 265 g/mol. The molecule has 1 rings (SSSR count). The molecule has 0 aromatic heterocycles. The normalized spacial score (nSPS) is 10.3. The molecule has 0 aliphatic rings. The van der Waals surface area contributed by atoms with Crippen LogP contribution in [0.2, 0.25) is 0 Å². The summed E-state index contributed by atoms with van der Waals surface area (Å²) in [4.78, 5) is 9.66. The minimum Gasteiger partial charge on any atom is -0.258 e. The van der Waals surface area contributed by atoms with Crippen LogP contribution in [-0.4, -0.2) is 13.3 Å². The van der Waals surface area contributed by atoms with Crippen LogP contribution in [0, 0.1) is 10.1 Å². The van der Waals surface area contributed by atoms with E-state index in [4.69, 9.17) is 0 Å². The Morgan fingerprint density at radius 3 is 2.46 bits per heavy atom. The smallest absolute Gasteiger partial charge is 0.258 e. The first-order valence-electron chi connectivity index (χ1n) is 3.10. The Morgan fingerprint density at radius 2 is 2.00 bits per heavy atom. The standard InChI is InChI=1S/C6H4BrNO4S/c7-5-2-1-4(13(11)12)3-6(5)8(9)10/h1-3,13H. The Kier molecular flexibility index (Phi) is 2.99. The molecule has 0 fully saturated rings. The van der Waals surface area contributed by atoms with Gasteiger partial charge in [-0.2, -0.15) is 0 Å². The highest BCUT2D eigenvalue weighted by molar-refractivity contribution is 9.10. The van der Waals surface area contributed by atoms with Gasteiger partial charge in [0.1, 0.15) is 0 Å². The number of rotatable bonds is 2. The highest BCUT2D eigenvalue weighted by atomic mass is 79.9. The molecule has 0 spiro atoms. The Bertz CT molecular complexity index is 421. The van der Waals surface area contributed by atoms with Gasteiger partial charge in [0.25, 0.3) is 5.69 Å². The van der Waals surface area contributed by atoms with Crippen LogP contribution < -0.4 is 0 Å².